The van der Waals surface area contributed by atoms with Crippen LogP contribution < -0.4 is 9.47 Å². The van der Waals surface area contributed by atoms with Crippen molar-refractivity contribution in [2.75, 3.05) is 19.9 Å². The number of hydrogen-bond donors (Lipinski definition) is 0. The molecule has 4 nitrogen and oxygen atoms in total. The van der Waals surface area contributed by atoms with Gasteiger partial charge >= 0.3 is 0 Å². The number of fused-ring (bicyclic) bond motifs is 1. The van der Waals surface area contributed by atoms with Crippen molar-refractivity contribution < 1.29 is 14.3 Å². The lowest BCUT2D eigenvalue weighted by atomic mass is 9.98. The average Bonchev–Trinajstić information content (AvgIpc) is 3.24. The van der Waals surface area contributed by atoms with Crippen LogP contribution in [0.3, 0.4) is 0 Å². The zero-order chi connectivity index (χ0) is 16.7. The number of amides is 1. The van der Waals surface area contributed by atoms with Crippen molar-refractivity contribution in [3.63, 3.8) is 0 Å². The van der Waals surface area contributed by atoms with Crippen molar-refractivity contribution in [1.82, 2.24) is 4.90 Å². The maximum absolute atomic E-state index is 12.9. The molecule has 124 valence electrons. The van der Waals surface area contributed by atoms with Gasteiger partial charge < -0.3 is 14.4 Å². The first-order valence-electron chi connectivity index (χ1n) is 8.38. The summed E-state index contributed by atoms with van der Waals surface area (Å²) in [5.41, 5.74) is 4.20. The van der Waals surface area contributed by atoms with Crippen LogP contribution in [0.25, 0.3) is 0 Å². The zero-order valence-electron chi connectivity index (χ0n) is 14.0. The molecule has 2 heterocycles. The number of aryl methyl sites for hydroxylation is 2. The summed E-state index contributed by atoms with van der Waals surface area (Å²) in [6.45, 7) is 5.87. The third kappa shape index (κ3) is 2.62. The van der Waals surface area contributed by atoms with Crippen molar-refractivity contribution in [3.8, 4) is 11.5 Å². The number of carbonyl (C=O) groups excluding carboxylic acids is 1. The Morgan fingerprint density at radius 1 is 1.08 bits per heavy atom. The molecule has 4 heteroatoms. The highest BCUT2D eigenvalue weighted by Crippen LogP contribution is 2.37. The maximum Gasteiger partial charge on any atom is 0.254 e. The molecule has 2 aromatic carbocycles. The SMILES string of the molecule is Cc1ccc(C)c(C(=O)N2CCC(c3ccc4c(c3)OCO4)C2)c1. The second kappa shape index (κ2) is 5.86. The molecule has 1 atom stereocenters. The molecule has 1 fully saturated rings. The van der Waals surface area contributed by atoms with Gasteiger partial charge in [-0.15, -0.1) is 0 Å². The van der Waals surface area contributed by atoms with Crippen molar-refractivity contribution in [2.45, 2.75) is 26.2 Å². The Morgan fingerprint density at radius 2 is 1.92 bits per heavy atom. The Balaban J connectivity index is 1.52. The van der Waals surface area contributed by atoms with Crippen LogP contribution in [0.15, 0.2) is 36.4 Å². The molecule has 1 amide bonds. The molecular formula is C20H21NO3. The molecule has 0 bridgehead atoms. The largest absolute Gasteiger partial charge is 0.454 e. The zero-order valence-corrected chi connectivity index (χ0v) is 14.0. The fraction of sp³-hybridized carbons (Fsp3) is 0.350. The van der Waals surface area contributed by atoms with Gasteiger partial charge in [0, 0.05) is 24.6 Å². The first-order valence-corrected chi connectivity index (χ1v) is 8.38. The monoisotopic (exact) mass is 323 g/mol. The summed E-state index contributed by atoms with van der Waals surface area (Å²) < 4.78 is 10.8. The summed E-state index contributed by atoms with van der Waals surface area (Å²) in [5.74, 6) is 2.11. The number of nitrogens with zero attached hydrogens (tertiary/aromatic N) is 1. The van der Waals surface area contributed by atoms with E-state index in [2.05, 4.69) is 12.1 Å². The number of benzene rings is 2. The van der Waals surface area contributed by atoms with E-state index < -0.39 is 0 Å². The van der Waals surface area contributed by atoms with Gasteiger partial charge in [0.2, 0.25) is 6.79 Å². The summed E-state index contributed by atoms with van der Waals surface area (Å²) >= 11 is 0. The standard InChI is InChI=1S/C20H21NO3/c1-13-3-4-14(2)17(9-13)20(22)21-8-7-16(11-21)15-5-6-18-19(10-15)24-12-23-18/h3-6,9-10,16H,7-8,11-12H2,1-2H3. The molecule has 1 unspecified atom stereocenters. The van der Waals surface area contributed by atoms with Crippen molar-refractivity contribution in [2.24, 2.45) is 0 Å². The van der Waals surface area contributed by atoms with Crippen molar-refractivity contribution >= 4 is 5.91 Å². The summed E-state index contributed by atoms with van der Waals surface area (Å²) in [6, 6.07) is 12.2. The van der Waals surface area contributed by atoms with Crippen LogP contribution in [0.4, 0.5) is 0 Å². The van der Waals surface area contributed by atoms with E-state index in [0.29, 0.717) is 12.7 Å². The Hall–Kier alpha value is -2.49. The predicted molar refractivity (Wildman–Crippen MR) is 91.7 cm³/mol. The predicted octanol–water partition coefficient (Wildman–Crippen LogP) is 3.66. The number of hydrogen-bond acceptors (Lipinski definition) is 3. The molecule has 4 rings (SSSR count). The van der Waals surface area contributed by atoms with E-state index in [1.54, 1.807) is 0 Å². The second-order valence-corrected chi connectivity index (χ2v) is 6.67. The van der Waals surface area contributed by atoms with Crippen LogP contribution in [0.5, 0.6) is 11.5 Å². The van der Waals surface area contributed by atoms with Gasteiger partial charge in [0.25, 0.3) is 5.91 Å². The minimum absolute atomic E-state index is 0.138. The normalized spacial score (nSPS) is 18.9. The fourth-order valence-corrected chi connectivity index (χ4v) is 3.52. The van der Waals surface area contributed by atoms with E-state index in [0.717, 1.165) is 47.7 Å². The molecule has 0 radical (unpaired) electrons. The van der Waals surface area contributed by atoms with E-state index in [9.17, 15) is 4.79 Å². The Labute approximate surface area is 142 Å². The lowest BCUT2D eigenvalue weighted by Crippen LogP contribution is -2.29. The molecule has 1 saturated heterocycles. The van der Waals surface area contributed by atoms with E-state index >= 15 is 0 Å². The summed E-state index contributed by atoms with van der Waals surface area (Å²) in [5, 5.41) is 0. The number of rotatable bonds is 2. The lowest BCUT2D eigenvalue weighted by molar-refractivity contribution is 0.0790. The van der Waals surface area contributed by atoms with Crippen molar-refractivity contribution in [1.29, 1.82) is 0 Å². The van der Waals surface area contributed by atoms with Gasteiger partial charge in [0.1, 0.15) is 0 Å². The van der Waals surface area contributed by atoms with Gasteiger partial charge in [0.05, 0.1) is 0 Å². The lowest BCUT2D eigenvalue weighted by Gasteiger charge is -2.18. The smallest absolute Gasteiger partial charge is 0.254 e. The van der Waals surface area contributed by atoms with Gasteiger partial charge in [-0.25, -0.2) is 0 Å². The van der Waals surface area contributed by atoms with E-state index in [-0.39, 0.29) is 5.91 Å². The fourth-order valence-electron chi connectivity index (χ4n) is 3.52. The quantitative estimate of drug-likeness (QED) is 0.846. The minimum atomic E-state index is 0.138. The average molecular weight is 323 g/mol. The summed E-state index contributed by atoms with van der Waals surface area (Å²) in [7, 11) is 0. The number of ether oxygens (including phenoxy) is 2. The molecular weight excluding hydrogens is 302 g/mol. The van der Waals surface area contributed by atoms with Crippen LogP contribution in [0.1, 0.15) is 39.4 Å². The van der Waals surface area contributed by atoms with Gasteiger partial charge in [-0.3, -0.25) is 4.79 Å². The van der Waals surface area contributed by atoms with Gasteiger partial charge in [-0.1, -0.05) is 23.8 Å². The van der Waals surface area contributed by atoms with Gasteiger partial charge in [-0.05, 0) is 49.6 Å². The summed E-state index contributed by atoms with van der Waals surface area (Å²) in [6.07, 6.45) is 0.982. The van der Waals surface area contributed by atoms with Crippen LogP contribution >= 0.6 is 0 Å². The molecule has 2 aliphatic heterocycles. The van der Waals surface area contributed by atoms with Crippen molar-refractivity contribution in [3.05, 3.63) is 58.7 Å². The Bertz CT molecular complexity index is 799. The van der Waals surface area contributed by atoms with Crippen LogP contribution in [-0.4, -0.2) is 30.7 Å². The maximum atomic E-state index is 12.9. The van der Waals surface area contributed by atoms with Crippen LogP contribution in [0, 0.1) is 13.8 Å². The van der Waals surface area contributed by atoms with Gasteiger partial charge in [-0.2, -0.15) is 0 Å². The molecule has 2 aromatic rings. The summed E-state index contributed by atoms with van der Waals surface area (Å²) in [4.78, 5) is 14.8. The topological polar surface area (TPSA) is 38.8 Å². The highest BCUT2D eigenvalue weighted by Gasteiger charge is 2.29. The molecule has 0 saturated carbocycles. The van der Waals surface area contributed by atoms with Crippen LogP contribution in [0.2, 0.25) is 0 Å². The molecule has 2 aliphatic rings. The van der Waals surface area contributed by atoms with Crippen LogP contribution in [-0.2, 0) is 0 Å². The third-order valence-corrected chi connectivity index (χ3v) is 4.97. The van der Waals surface area contributed by atoms with E-state index in [1.807, 2.05) is 43.0 Å². The third-order valence-electron chi connectivity index (χ3n) is 4.97. The van der Waals surface area contributed by atoms with E-state index in [4.69, 9.17) is 9.47 Å². The second-order valence-electron chi connectivity index (χ2n) is 6.67. The molecule has 24 heavy (non-hydrogen) atoms. The minimum Gasteiger partial charge on any atom is -0.454 e. The Kier molecular flexibility index (Phi) is 3.68. The molecule has 0 spiro atoms. The first kappa shape index (κ1) is 15.1. The van der Waals surface area contributed by atoms with Gasteiger partial charge in [0.15, 0.2) is 11.5 Å². The highest BCUT2D eigenvalue weighted by atomic mass is 16.7. The molecule has 0 aromatic heterocycles. The van der Waals surface area contributed by atoms with E-state index in [1.165, 1.54) is 5.56 Å². The number of carbonyl (C=O) groups is 1. The Morgan fingerprint density at radius 3 is 2.79 bits per heavy atom. The first-order chi connectivity index (χ1) is 11.6. The molecule has 0 aliphatic carbocycles. The number of likely N-dealkylation sites (tertiary alicyclic amines) is 1. The highest BCUT2D eigenvalue weighted by molar-refractivity contribution is 5.96. The molecule has 0 N–H and O–H groups in total.